The Morgan fingerprint density at radius 2 is 1.75 bits per heavy atom. The van der Waals surface area contributed by atoms with Crippen molar-refractivity contribution in [1.29, 1.82) is 0 Å². The summed E-state index contributed by atoms with van der Waals surface area (Å²) in [6.45, 7) is 4.01. The van der Waals surface area contributed by atoms with Crippen LogP contribution in [0.15, 0.2) is 42.5 Å². The summed E-state index contributed by atoms with van der Waals surface area (Å²) in [5.41, 5.74) is 2.74. The van der Waals surface area contributed by atoms with Crippen LogP contribution < -0.4 is 19.5 Å². The van der Waals surface area contributed by atoms with Crippen molar-refractivity contribution in [2.75, 3.05) is 13.7 Å². The average Bonchev–Trinajstić information content (AvgIpc) is 2.72. The second kappa shape index (κ2) is 9.49. The van der Waals surface area contributed by atoms with Gasteiger partial charge in [-0.05, 0) is 74.9 Å². The fraction of sp³-hybridized carbons (Fsp3) is 0.435. The van der Waals surface area contributed by atoms with E-state index in [-0.39, 0.29) is 11.9 Å². The molecule has 0 saturated carbocycles. The van der Waals surface area contributed by atoms with Crippen LogP contribution in [0, 0.1) is 0 Å². The molecule has 0 unspecified atom stereocenters. The van der Waals surface area contributed by atoms with Crippen LogP contribution in [-0.4, -0.2) is 31.8 Å². The molecule has 28 heavy (non-hydrogen) atoms. The molecule has 2 aromatic rings. The van der Waals surface area contributed by atoms with Gasteiger partial charge in [0.05, 0.1) is 13.2 Å². The van der Waals surface area contributed by atoms with E-state index in [0.717, 1.165) is 18.6 Å². The first-order chi connectivity index (χ1) is 13.6. The SMILES string of the molecule is COc1ccccc1OC[C@H](C)NC(=O)[C@@H](C)Oc1ccc2c(c1)CCCC2. The minimum atomic E-state index is -0.574. The molecule has 3 rings (SSSR count). The molecule has 0 spiro atoms. The van der Waals surface area contributed by atoms with E-state index in [1.165, 1.54) is 24.0 Å². The lowest BCUT2D eigenvalue weighted by atomic mass is 9.92. The molecule has 0 aromatic heterocycles. The molecular formula is C23H29NO4. The number of aryl methyl sites for hydroxylation is 2. The van der Waals surface area contributed by atoms with Gasteiger partial charge in [0, 0.05) is 0 Å². The van der Waals surface area contributed by atoms with Crippen molar-refractivity contribution in [3.8, 4) is 17.2 Å². The summed E-state index contributed by atoms with van der Waals surface area (Å²) in [6, 6.07) is 13.5. The van der Waals surface area contributed by atoms with Crippen LogP contribution in [0.2, 0.25) is 0 Å². The Labute approximate surface area is 167 Å². The summed E-state index contributed by atoms with van der Waals surface area (Å²) in [5, 5.41) is 2.94. The molecule has 1 N–H and O–H groups in total. The maximum atomic E-state index is 12.5. The van der Waals surface area contributed by atoms with E-state index >= 15 is 0 Å². The van der Waals surface area contributed by atoms with E-state index in [2.05, 4.69) is 17.4 Å². The van der Waals surface area contributed by atoms with Gasteiger partial charge in [0.15, 0.2) is 17.6 Å². The number of benzene rings is 2. The van der Waals surface area contributed by atoms with Gasteiger partial charge in [-0.1, -0.05) is 18.2 Å². The monoisotopic (exact) mass is 383 g/mol. The molecule has 1 amide bonds. The molecule has 0 heterocycles. The van der Waals surface area contributed by atoms with E-state index in [1.54, 1.807) is 14.0 Å². The van der Waals surface area contributed by atoms with Crippen LogP contribution in [0.1, 0.15) is 37.8 Å². The van der Waals surface area contributed by atoms with Gasteiger partial charge in [0.2, 0.25) is 0 Å². The summed E-state index contributed by atoms with van der Waals surface area (Å²) in [5.74, 6) is 1.92. The number of ether oxygens (including phenoxy) is 3. The Morgan fingerprint density at radius 1 is 1.04 bits per heavy atom. The van der Waals surface area contributed by atoms with Gasteiger partial charge in [-0.2, -0.15) is 0 Å². The predicted octanol–water partition coefficient (Wildman–Crippen LogP) is 3.93. The Kier molecular flexibility index (Phi) is 6.80. The first-order valence-electron chi connectivity index (χ1n) is 9.91. The van der Waals surface area contributed by atoms with E-state index in [4.69, 9.17) is 14.2 Å². The maximum Gasteiger partial charge on any atom is 0.261 e. The third-order valence-electron chi connectivity index (χ3n) is 4.95. The molecule has 0 saturated heterocycles. The maximum absolute atomic E-state index is 12.5. The second-order valence-corrected chi connectivity index (χ2v) is 7.27. The first-order valence-corrected chi connectivity index (χ1v) is 9.91. The molecule has 0 radical (unpaired) electrons. The van der Waals surface area contributed by atoms with Crippen molar-refractivity contribution < 1.29 is 19.0 Å². The van der Waals surface area contributed by atoms with E-state index in [1.807, 2.05) is 37.3 Å². The number of carbonyl (C=O) groups is 1. The zero-order chi connectivity index (χ0) is 19.9. The minimum absolute atomic E-state index is 0.158. The fourth-order valence-electron chi connectivity index (χ4n) is 3.40. The smallest absolute Gasteiger partial charge is 0.261 e. The molecule has 5 heteroatoms. The van der Waals surface area contributed by atoms with E-state index < -0.39 is 6.10 Å². The average molecular weight is 383 g/mol. The largest absolute Gasteiger partial charge is 0.493 e. The summed E-state index contributed by atoms with van der Waals surface area (Å²) in [4.78, 5) is 12.5. The van der Waals surface area contributed by atoms with Crippen molar-refractivity contribution in [2.24, 2.45) is 0 Å². The quantitative estimate of drug-likeness (QED) is 0.751. The van der Waals surface area contributed by atoms with E-state index in [9.17, 15) is 4.79 Å². The Morgan fingerprint density at radius 3 is 2.50 bits per heavy atom. The van der Waals surface area contributed by atoms with Gasteiger partial charge in [-0.25, -0.2) is 0 Å². The molecule has 0 aliphatic heterocycles. The van der Waals surface area contributed by atoms with Crippen LogP contribution in [0.25, 0.3) is 0 Å². The number of amides is 1. The molecule has 2 atom stereocenters. The van der Waals surface area contributed by atoms with Gasteiger partial charge in [-0.3, -0.25) is 4.79 Å². The normalized spacial score (nSPS) is 15.1. The van der Waals surface area contributed by atoms with Crippen molar-refractivity contribution >= 4 is 5.91 Å². The number of rotatable bonds is 8. The molecule has 5 nitrogen and oxygen atoms in total. The number of para-hydroxylation sites is 2. The number of fused-ring (bicyclic) bond motifs is 1. The zero-order valence-corrected chi connectivity index (χ0v) is 16.9. The van der Waals surface area contributed by atoms with Crippen molar-refractivity contribution in [3.63, 3.8) is 0 Å². The number of hydrogen-bond donors (Lipinski definition) is 1. The number of hydrogen-bond acceptors (Lipinski definition) is 4. The molecule has 1 aliphatic carbocycles. The molecule has 2 aromatic carbocycles. The van der Waals surface area contributed by atoms with Crippen LogP contribution in [0.4, 0.5) is 0 Å². The van der Waals surface area contributed by atoms with Crippen molar-refractivity contribution in [3.05, 3.63) is 53.6 Å². The number of carbonyl (C=O) groups excluding carboxylic acids is 1. The Bertz CT molecular complexity index is 805. The Balaban J connectivity index is 1.49. The highest BCUT2D eigenvalue weighted by Gasteiger charge is 2.18. The molecule has 1 aliphatic rings. The minimum Gasteiger partial charge on any atom is -0.493 e. The van der Waals surface area contributed by atoms with Crippen molar-refractivity contribution in [2.45, 2.75) is 51.7 Å². The van der Waals surface area contributed by atoms with Crippen LogP contribution in [0.5, 0.6) is 17.2 Å². The first kappa shape index (κ1) is 20.1. The highest BCUT2D eigenvalue weighted by Crippen LogP contribution is 2.27. The van der Waals surface area contributed by atoms with Gasteiger partial charge in [0.1, 0.15) is 12.4 Å². The molecular weight excluding hydrogens is 354 g/mol. The number of methoxy groups -OCH3 is 1. The topological polar surface area (TPSA) is 56.8 Å². The summed E-state index contributed by atoms with van der Waals surface area (Å²) >= 11 is 0. The van der Waals surface area contributed by atoms with Crippen LogP contribution >= 0.6 is 0 Å². The third-order valence-corrected chi connectivity index (χ3v) is 4.95. The fourth-order valence-corrected chi connectivity index (χ4v) is 3.40. The summed E-state index contributed by atoms with van der Waals surface area (Å²) in [6.07, 6.45) is 4.12. The highest BCUT2D eigenvalue weighted by atomic mass is 16.5. The predicted molar refractivity (Wildman–Crippen MR) is 109 cm³/mol. The molecule has 0 bridgehead atoms. The number of nitrogens with one attached hydrogen (secondary N) is 1. The molecule has 0 fully saturated rings. The standard InChI is InChI=1S/C23H29NO4/c1-16(15-27-22-11-7-6-10-21(22)26-3)24-23(25)17(2)28-20-13-12-18-8-4-5-9-19(18)14-20/h6-7,10-14,16-17H,4-5,8-9,15H2,1-3H3,(H,24,25)/t16-,17+/m0/s1. The van der Waals surface area contributed by atoms with Gasteiger partial charge < -0.3 is 19.5 Å². The Hall–Kier alpha value is -2.69. The van der Waals surface area contributed by atoms with Gasteiger partial charge >= 0.3 is 0 Å². The third kappa shape index (κ3) is 5.18. The lowest BCUT2D eigenvalue weighted by Gasteiger charge is -2.21. The van der Waals surface area contributed by atoms with Gasteiger partial charge in [0.25, 0.3) is 5.91 Å². The van der Waals surface area contributed by atoms with Crippen molar-refractivity contribution in [1.82, 2.24) is 5.32 Å². The van der Waals surface area contributed by atoms with Gasteiger partial charge in [-0.15, -0.1) is 0 Å². The zero-order valence-electron chi connectivity index (χ0n) is 16.9. The lowest BCUT2D eigenvalue weighted by molar-refractivity contribution is -0.128. The van der Waals surface area contributed by atoms with Crippen LogP contribution in [0.3, 0.4) is 0 Å². The van der Waals surface area contributed by atoms with E-state index in [0.29, 0.717) is 18.1 Å². The highest BCUT2D eigenvalue weighted by molar-refractivity contribution is 5.81. The summed E-state index contributed by atoms with van der Waals surface area (Å²) < 4.78 is 16.9. The second-order valence-electron chi connectivity index (χ2n) is 7.27. The molecule has 150 valence electrons. The summed E-state index contributed by atoms with van der Waals surface area (Å²) in [7, 11) is 1.60. The lowest BCUT2D eigenvalue weighted by Crippen LogP contribution is -2.43. The van der Waals surface area contributed by atoms with Crippen LogP contribution in [-0.2, 0) is 17.6 Å².